The molecule has 6 nitrogen and oxygen atoms in total. The summed E-state index contributed by atoms with van der Waals surface area (Å²) in [5, 5.41) is 11.5. The van der Waals surface area contributed by atoms with Crippen LogP contribution < -0.4 is 0 Å². The Hall–Kier alpha value is -2.80. The van der Waals surface area contributed by atoms with Gasteiger partial charge in [0, 0.05) is 56.2 Å². The van der Waals surface area contributed by atoms with E-state index >= 15 is 0 Å². The zero-order valence-electron chi connectivity index (χ0n) is 19.9. The SMILES string of the molecule is CC(C)CN(C[C@@H]1CN(Cc2ccccc2[N+](=O)[O-])C[C@H]1c1cccc(F)c1)C(=O)C(C)C. The standard InChI is InChI=1S/C26H34FN3O3/c1-18(2)13-29(26(31)19(3)4)16-22-15-28(14-21-8-5-6-11-25(21)30(32)33)17-24(22)20-9-7-10-23(27)12-20/h5-12,18-19,22,24H,13-17H2,1-4H3/t22-,24-/m0/s1. The van der Waals surface area contributed by atoms with Crippen LogP contribution in [0.5, 0.6) is 0 Å². The van der Waals surface area contributed by atoms with Gasteiger partial charge in [0.25, 0.3) is 5.69 Å². The largest absolute Gasteiger partial charge is 0.342 e. The predicted octanol–water partition coefficient (Wildman–Crippen LogP) is 5.09. The fourth-order valence-corrected chi connectivity index (χ4v) is 4.80. The van der Waals surface area contributed by atoms with Gasteiger partial charge in [-0.1, -0.05) is 58.0 Å². The molecule has 1 aliphatic heterocycles. The van der Waals surface area contributed by atoms with Gasteiger partial charge in [0.2, 0.25) is 5.91 Å². The monoisotopic (exact) mass is 455 g/mol. The van der Waals surface area contributed by atoms with Crippen molar-refractivity contribution in [2.24, 2.45) is 17.8 Å². The normalized spacial score (nSPS) is 18.8. The number of halogens is 1. The molecule has 0 aromatic heterocycles. The van der Waals surface area contributed by atoms with Crippen LogP contribution in [0.3, 0.4) is 0 Å². The average molecular weight is 456 g/mol. The molecule has 1 heterocycles. The van der Waals surface area contributed by atoms with E-state index in [9.17, 15) is 19.3 Å². The van der Waals surface area contributed by atoms with Crippen LogP contribution in [0.4, 0.5) is 10.1 Å². The molecule has 7 heteroatoms. The van der Waals surface area contributed by atoms with Gasteiger partial charge in [-0.2, -0.15) is 0 Å². The quantitative estimate of drug-likeness (QED) is 0.390. The van der Waals surface area contributed by atoms with Gasteiger partial charge < -0.3 is 4.90 Å². The first-order valence-electron chi connectivity index (χ1n) is 11.6. The molecule has 0 spiro atoms. The first-order chi connectivity index (χ1) is 15.7. The van der Waals surface area contributed by atoms with E-state index in [1.54, 1.807) is 24.3 Å². The zero-order chi connectivity index (χ0) is 24.1. The number of carbonyl (C=O) groups is 1. The third kappa shape index (κ3) is 6.38. The number of rotatable bonds is 9. The number of nitro groups is 1. The molecule has 3 rings (SSSR count). The second-order valence-electron chi connectivity index (χ2n) is 9.79. The number of hydrogen-bond donors (Lipinski definition) is 0. The number of carbonyl (C=O) groups excluding carboxylic acids is 1. The van der Waals surface area contributed by atoms with E-state index in [1.165, 1.54) is 12.1 Å². The maximum absolute atomic E-state index is 14.0. The topological polar surface area (TPSA) is 66.7 Å². The summed E-state index contributed by atoms with van der Waals surface area (Å²) in [6, 6.07) is 13.5. The molecule has 1 fully saturated rings. The first kappa shape index (κ1) is 24.8. The molecular weight excluding hydrogens is 421 g/mol. The Morgan fingerprint density at radius 2 is 1.88 bits per heavy atom. The molecule has 2 atom stereocenters. The van der Waals surface area contributed by atoms with Gasteiger partial charge in [-0.05, 0) is 29.5 Å². The Morgan fingerprint density at radius 3 is 2.52 bits per heavy atom. The minimum Gasteiger partial charge on any atom is -0.342 e. The van der Waals surface area contributed by atoms with Crippen molar-refractivity contribution in [3.8, 4) is 0 Å². The summed E-state index contributed by atoms with van der Waals surface area (Å²) in [7, 11) is 0. The molecule has 2 aromatic carbocycles. The summed E-state index contributed by atoms with van der Waals surface area (Å²) in [5.41, 5.74) is 1.68. The van der Waals surface area contributed by atoms with Crippen molar-refractivity contribution in [3.63, 3.8) is 0 Å². The molecule has 0 unspecified atom stereocenters. The lowest BCUT2D eigenvalue weighted by Gasteiger charge is -2.31. The highest BCUT2D eigenvalue weighted by Crippen LogP contribution is 2.35. The molecule has 0 bridgehead atoms. The van der Waals surface area contributed by atoms with Crippen molar-refractivity contribution in [2.75, 3.05) is 26.2 Å². The molecule has 33 heavy (non-hydrogen) atoms. The Labute approximate surface area is 195 Å². The summed E-state index contributed by atoms with van der Waals surface area (Å²) < 4.78 is 14.0. The maximum atomic E-state index is 14.0. The third-order valence-corrected chi connectivity index (χ3v) is 6.22. The van der Waals surface area contributed by atoms with Crippen LogP contribution in [0, 0.1) is 33.7 Å². The second-order valence-corrected chi connectivity index (χ2v) is 9.79. The lowest BCUT2D eigenvalue weighted by molar-refractivity contribution is -0.385. The third-order valence-electron chi connectivity index (χ3n) is 6.22. The average Bonchev–Trinajstić information content (AvgIpc) is 3.14. The van der Waals surface area contributed by atoms with Crippen LogP contribution in [0.15, 0.2) is 48.5 Å². The minimum absolute atomic E-state index is 0.0399. The van der Waals surface area contributed by atoms with Crippen molar-refractivity contribution >= 4 is 11.6 Å². The van der Waals surface area contributed by atoms with E-state index in [4.69, 9.17) is 0 Å². The van der Waals surface area contributed by atoms with Gasteiger partial charge in [0.05, 0.1) is 4.92 Å². The highest BCUT2D eigenvalue weighted by Gasteiger charge is 2.37. The molecule has 0 N–H and O–H groups in total. The van der Waals surface area contributed by atoms with E-state index in [0.29, 0.717) is 44.2 Å². The molecular formula is C26H34FN3O3. The fourth-order valence-electron chi connectivity index (χ4n) is 4.80. The van der Waals surface area contributed by atoms with E-state index in [-0.39, 0.29) is 40.1 Å². The van der Waals surface area contributed by atoms with Crippen LogP contribution in [0.1, 0.15) is 44.7 Å². The molecule has 178 valence electrons. The number of hydrogen-bond acceptors (Lipinski definition) is 4. The van der Waals surface area contributed by atoms with Crippen molar-refractivity contribution < 1.29 is 14.1 Å². The number of nitro benzene ring substituents is 1. The van der Waals surface area contributed by atoms with Crippen LogP contribution in [-0.4, -0.2) is 46.8 Å². The minimum atomic E-state index is -0.349. The van der Waals surface area contributed by atoms with Crippen molar-refractivity contribution in [1.29, 1.82) is 0 Å². The molecule has 2 aromatic rings. The summed E-state index contributed by atoms with van der Waals surface area (Å²) in [5.74, 6) is 0.235. The molecule has 1 saturated heterocycles. The summed E-state index contributed by atoms with van der Waals surface area (Å²) in [6.07, 6.45) is 0. The summed E-state index contributed by atoms with van der Waals surface area (Å²) in [4.78, 5) is 28.2. The van der Waals surface area contributed by atoms with E-state index in [1.807, 2.05) is 30.9 Å². The smallest absolute Gasteiger partial charge is 0.273 e. The highest BCUT2D eigenvalue weighted by molar-refractivity contribution is 5.78. The van der Waals surface area contributed by atoms with Gasteiger partial charge in [-0.3, -0.25) is 19.8 Å². The summed E-state index contributed by atoms with van der Waals surface area (Å²) >= 11 is 0. The second kappa shape index (κ2) is 10.9. The van der Waals surface area contributed by atoms with Crippen molar-refractivity contribution in [1.82, 2.24) is 9.80 Å². The van der Waals surface area contributed by atoms with E-state index < -0.39 is 0 Å². The molecule has 1 amide bonds. The number of para-hydroxylation sites is 1. The summed E-state index contributed by atoms with van der Waals surface area (Å²) in [6.45, 7) is 11.1. The molecule has 0 aliphatic carbocycles. The Balaban J connectivity index is 1.87. The number of likely N-dealkylation sites (tertiary alicyclic amines) is 1. The number of benzene rings is 2. The molecule has 0 saturated carbocycles. The first-order valence-corrected chi connectivity index (χ1v) is 11.6. The van der Waals surface area contributed by atoms with E-state index in [0.717, 1.165) is 5.56 Å². The molecule has 1 aliphatic rings. The zero-order valence-corrected chi connectivity index (χ0v) is 19.9. The van der Waals surface area contributed by atoms with Gasteiger partial charge in [0.15, 0.2) is 0 Å². The maximum Gasteiger partial charge on any atom is 0.273 e. The molecule has 0 radical (unpaired) electrons. The lowest BCUT2D eigenvalue weighted by Crippen LogP contribution is -2.41. The van der Waals surface area contributed by atoms with Crippen molar-refractivity contribution in [3.05, 3.63) is 75.6 Å². The van der Waals surface area contributed by atoms with Crippen LogP contribution in [0.25, 0.3) is 0 Å². The fraction of sp³-hybridized carbons (Fsp3) is 0.500. The van der Waals surface area contributed by atoms with Gasteiger partial charge >= 0.3 is 0 Å². The van der Waals surface area contributed by atoms with Gasteiger partial charge in [-0.25, -0.2) is 4.39 Å². The Kier molecular flexibility index (Phi) is 8.19. The van der Waals surface area contributed by atoms with Crippen LogP contribution >= 0.6 is 0 Å². The van der Waals surface area contributed by atoms with Crippen LogP contribution in [0.2, 0.25) is 0 Å². The predicted molar refractivity (Wildman–Crippen MR) is 127 cm³/mol. The van der Waals surface area contributed by atoms with Crippen LogP contribution in [-0.2, 0) is 11.3 Å². The highest BCUT2D eigenvalue weighted by atomic mass is 19.1. The van der Waals surface area contributed by atoms with E-state index in [2.05, 4.69) is 18.7 Å². The Morgan fingerprint density at radius 1 is 1.15 bits per heavy atom. The van der Waals surface area contributed by atoms with Gasteiger partial charge in [0.1, 0.15) is 5.82 Å². The number of nitrogens with zero attached hydrogens (tertiary/aromatic N) is 3. The number of amides is 1. The van der Waals surface area contributed by atoms with Gasteiger partial charge in [-0.15, -0.1) is 0 Å². The lowest BCUT2D eigenvalue weighted by atomic mass is 9.88. The van der Waals surface area contributed by atoms with Crippen molar-refractivity contribution in [2.45, 2.75) is 40.2 Å². The Bertz CT molecular complexity index is 979.